The van der Waals surface area contributed by atoms with E-state index in [0.29, 0.717) is 18.5 Å². The number of carboxylic acid groups (broad SMARTS) is 1. The van der Waals surface area contributed by atoms with Crippen molar-refractivity contribution in [3.05, 3.63) is 34.4 Å². The Kier molecular flexibility index (Phi) is 4.22. The van der Waals surface area contributed by atoms with Gasteiger partial charge in [0.2, 0.25) is 0 Å². The molecule has 0 saturated heterocycles. The Morgan fingerprint density at radius 2 is 1.95 bits per heavy atom. The van der Waals surface area contributed by atoms with Crippen LogP contribution >= 0.6 is 0 Å². The van der Waals surface area contributed by atoms with Crippen molar-refractivity contribution >= 4 is 17.3 Å². The molecule has 0 amide bonds. The Hall–Kier alpha value is -2.11. The zero-order chi connectivity index (χ0) is 14.6. The molecule has 1 aromatic carbocycles. The molecule has 20 heavy (non-hydrogen) atoms. The molecule has 0 atom stereocenters. The molecule has 0 bridgehead atoms. The van der Waals surface area contributed by atoms with Gasteiger partial charge in [0, 0.05) is 12.6 Å². The van der Waals surface area contributed by atoms with E-state index < -0.39 is 16.3 Å². The number of hydrogen-bond acceptors (Lipinski definition) is 4. The van der Waals surface area contributed by atoms with E-state index in [4.69, 9.17) is 0 Å². The first-order chi connectivity index (χ1) is 9.55. The summed E-state index contributed by atoms with van der Waals surface area (Å²) >= 11 is 0. The smallest absolute Gasteiger partial charge is 0.311 e. The fraction of sp³-hybridized carbons (Fsp3) is 0.500. The second-order valence-electron chi connectivity index (χ2n) is 5.27. The molecule has 108 valence electrons. The standard InChI is InChI=1S/C14H18N2O4/c17-13(18)14(8-4-1-5-9-14)10-15-11-6-2-3-7-12(11)16(19)20/h2-3,6-7,15H,1,4-5,8-10H2,(H,17,18). The fourth-order valence-corrected chi connectivity index (χ4v) is 2.74. The summed E-state index contributed by atoms with van der Waals surface area (Å²) in [6.07, 6.45) is 4.09. The van der Waals surface area contributed by atoms with Gasteiger partial charge in [-0.15, -0.1) is 0 Å². The molecule has 2 N–H and O–H groups in total. The van der Waals surface area contributed by atoms with Gasteiger partial charge in [0.05, 0.1) is 10.3 Å². The van der Waals surface area contributed by atoms with Gasteiger partial charge in [0.25, 0.3) is 5.69 Å². The predicted molar refractivity (Wildman–Crippen MR) is 74.7 cm³/mol. The molecule has 0 unspecified atom stereocenters. The number of hydrogen-bond donors (Lipinski definition) is 2. The lowest BCUT2D eigenvalue weighted by Gasteiger charge is -2.33. The Morgan fingerprint density at radius 3 is 2.55 bits per heavy atom. The zero-order valence-corrected chi connectivity index (χ0v) is 11.2. The van der Waals surface area contributed by atoms with Crippen LogP contribution in [-0.2, 0) is 4.79 Å². The maximum atomic E-state index is 11.5. The summed E-state index contributed by atoms with van der Waals surface area (Å²) < 4.78 is 0. The number of benzene rings is 1. The number of para-hydroxylation sites is 2. The van der Waals surface area contributed by atoms with Crippen molar-refractivity contribution in [3.8, 4) is 0 Å². The second kappa shape index (κ2) is 5.90. The largest absolute Gasteiger partial charge is 0.481 e. The van der Waals surface area contributed by atoms with Crippen LogP contribution in [0.2, 0.25) is 0 Å². The molecule has 1 aliphatic rings. The first-order valence-corrected chi connectivity index (χ1v) is 6.76. The number of nitrogens with one attached hydrogen (secondary N) is 1. The van der Waals surface area contributed by atoms with Crippen LogP contribution in [0.3, 0.4) is 0 Å². The molecule has 1 aromatic rings. The van der Waals surface area contributed by atoms with E-state index in [1.54, 1.807) is 18.2 Å². The lowest BCUT2D eigenvalue weighted by molar-refractivity contribution is -0.384. The second-order valence-corrected chi connectivity index (χ2v) is 5.27. The third-order valence-corrected chi connectivity index (χ3v) is 3.98. The summed E-state index contributed by atoms with van der Waals surface area (Å²) in [5, 5.41) is 23.4. The van der Waals surface area contributed by atoms with Crippen LogP contribution in [-0.4, -0.2) is 22.5 Å². The molecule has 0 radical (unpaired) electrons. The highest BCUT2D eigenvalue weighted by molar-refractivity contribution is 5.76. The maximum Gasteiger partial charge on any atom is 0.311 e. The Labute approximate surface area is 117 Å². The minimum absolute atomic E-state index is 0.0242. The number of nitro groups is 1. The van der Waals surface area contributed by atoms with Gasteiger partial charge >= 0.3 is 5.97 Å². The van der Waals surface area contributed by atoms with E-state index >= 15 is 0 Å². The molecular weight excluding hydrogens is 260 g/mol. The number of nitro benzene ring substituents is 1. The van der Waals surface area contributed by atoms with Crippen molar-refractivity contribution in [3.63, 3.8) is 0 Å². The average molecular weight is 278 g/mol. The number of rotatable bonds is 5. The number of nitrogens with zero attached hydrogens (tertiary/aromatic N) is 1. The van der Waals surface area contributed by atoms with Gasteiger partial charge in [-0.25, -0.2) is 0 Å². The van der Waals surface area contributed by atoms with Gasteiger partial charge in [-0.05, 0) is 18.9 Å². The first-order valence-electron chi connectivity index (χ1n) is 6.76. The van der Waals surface area contributed by atoms with Crippen molar-refractivity contribution in [1.29, 1.82) is 0 Å². The summed E-state index contributed by atoms with van der Waals surface area (Å²) in [6, 6.07) is 6.31. The monoisotopic (exact) mass is 278 g/mol. The summed E-state index contributed by atoms with van der Waals surface area (Å²) in [6.45, 7) is 0.229. The van der Waals surface area contributed by atoms with Crippen molar-refractivity contribution < 1.29 is 14.8 Å². The van der Waals surface area contributed by atoms with E-state index in [1.165, 1.54) is 6.07 Å². The highest BCUT2D eigenvalue weighted by atomic mass is 16.6. The summed E-state index contributed by atoms with van der Waals surface area (Å²) in [5.41, 5.74) is -0.449. The number of carboxylic acids is 1. The zero-order valence-electron chi connectivity index (χ0n) is 11.2. The van der Waals surface area contributed by atoms with Crippen LogP contribution in [0.5, 0.6) is 0 Å². The van der Waals surface area contributed by atoms with E-state index in [2.05, 4.69) is 5.32 Å². The summed E-state index contributed by atoms with van der Waals surface area (Å²) in [4.78, 5) is 22.0. The number of carbonyl (C=O) groups is 1. The van der Waals surface area contributed by atoms with Crippen LogP contribution in [0, 0.1) is 15.5 Å². The molecule has 0 aliphatic heterocycles. The summed E-state index contributed by atoms with van der Waals surface area (Å²) in [5.74, 6) is -0.816. The van der Waals surface area contributed by atoms with Crippen LogP contribution in [0.4, 0.5) is 11.4 Å². The van der Waals surface area contributed by atoms with E-state index in [9.17, 15) is 20.0 Å². The van der Waals surface area contributed by atoms with Crippen LogP contribution in [0.1, 0.15) is 32.1 Å². The Balaban J connectivity index is 2.14. The highest BCUT2D eigenvalue weighted by Crippen LogP contribution is 2.37. The van der Waals surface area contributed by atoms with Crippen LogP contribution < -0.4 is 5.32 Å². The highest BCUT2D eigenvalue weighted by Gasteiger charge is 2.39. The SMILES string of the molecule is O=C(O)C1(CNc2ccccc2[N+](=O)[O-])CCCCC1. The number of aliphatic carboxylic acids is 1. The minimum Gasteiger partial charge on any atom is -0.481 e. The molecule has 6 heteroatoms. The normalized spacial score (nSPS) is 17.4. The molecule has 0 heterocycles. The van der Waals surface area contributed by atoms with E-state index in [1.807, 2.05) is 0 Å². The van der Waals surface area contributed by atoms with Crippen molar-refractivity contribution in [2.24, 2.45) is 5.41 Å². The molecule has 1 aliphatic carbocycles. The molecule has 0 spiro atoms. The quantitative estimate of drug-likeness (QED) is 0.638. The van der Waals surface area contributed by atoms with Gasteiger partial charge in [-0.2, -0.15) is 0 Å². The Morgan fingerprint density at radius 1 is 1.30 bits per heavy atom. The fourth-order valence-electron chi connectivity index (χ4n) is 2.74. The molecule has 0 aromatic heterocycles. The van der Waals surface area contributed by atoms with Crippen LogP contribution in [0.25, 0.3) is 0 Å². The molecule has 1 saturated carbocycles. The van der Waals surface area contributed by atoms with Gasteiger partial charge in [-0.1, -0.05) is 31.4 Å². The van der Waals surface area contributed by atoms with E-state index in [0.717, 1.165) is 19.3 Å². The summed E-state index contributed by atoms with van der Waals surface area (Å²) in [7, 11) is 0. The third-order valence-electron chi connectivity index (χ3n) is 3.98. The third kappa shape index (κ3) is 2.89. The Bertz CT molecular complexity index is 510. The topological polar surface area (TPSA) is 92.5 Å². The molecular formula is C14H18N2O4. The molecule has 6 nitrogen and oxygen atoms in total. The first kappa shape index (κ1) is 14.3. The van der Waals surface area contributed by atoms with Gasteiger partial charge in [0.15, 0.2) is 0 Å². The lowest BCUT2D eigenvalue weighted by Crippen LogP contribution is -2.39. The maximum absolute atomic E-state index is 11.5. The van der Waals surface area contributed by atoms with Gasteiger partial charge < -0.3 is 10.4 Å². The van der Waals surface area contributed by atoms with Gasteiger partial charge in [0.1, 0.15) is 5.69 Å². The van der Waals surface area contributed by atoms with Crippen molar-refractivity contribution in [2.45, 2.75) is 32.1 Å². The molecule has 1 fully saturated rings. The van der Waals surface area contributed by atoms with E-state index in [-0.39, 0.29) is 12.2 Å². The van der Waals surface area contributed by atoms with Crippen LogP contribution in [0.15, 0.2) is 24.3 Å². The minimum atomic E-state index is -0.816. The molecule has 2 rings (SSSR count). The average Bonchev–Trinajstić information content (AvgIpc) is 2.46. The van der Waals surface area contributed by atoms with Gasteiger partial charge in [-0.3, -0.25) is 14.9 Å². The van der Waals surface area contributed by atoms with Crippen molar-refractivity contribution in [2.75, 3.05) is 11.9 Å². The predicted octanol–water partition coefficient (Wildman–Crippen LogP) is 3.04. The lowest BCUT2D eigenvalue weighted by atomic mass is 9.74. The van der Waals surface area contributed by atoms with Crippen molar-refractivity contribution in [1.82, 2.24) is 0 Å². The number of anilines is 1.